The van der Waals surface area contributed by atoms with Crippen molar-refractivity contribution in [2.24, 2.45) is 0 Å². The topological polar surface area (TPSA) is 43.8 Å². The second kappa shape index (κ2) is 4.22. The van der Waals surface area contributed by atoms with E-state index in [4.69, 9.17) is 5.73 Å². The lowest BCUT2D eigenvalue weighted by molar-refractivity contribution is 0.564. The lowest BCUT2D eigenvalue weighted by atomic mass is 10.1. The number of halogens is 1. The minimum atomic E-state index is 0.245. The van der Waals surface area contributed by atoms with Crippen LogP contribution >= 0.6 is 22.6 Å². The first kappa shape index (κ1) is 10.5. The van der Waals surface area contributed by atoms with Crippen LogP contribution in [0.15, 0.2) is 36.7 Å². The van der Waals surface area contributed by atoms with E-state index in [-0.39, 0.29) is 6.04 Å². The predicted octanol–water partition coefficient (Wildman–Crippen LogP) is 2.68. The number of aromatic nitrogens is 2. The Morgan fingerprint density at radius 2 is 2.00 bits per heavy atom. The third kappa shape index (κ3) is 2.31. The van der Waals surface area contributed by atoms with Crippen molar-refractivity contribution in [2.45, 2.75) is 13.0 Å². The summed E-state index contributed by atoms with van der Waals surface area (Å²) in [7, 11) is 0. The molecule has 2 N–H and O–H groups in total. The summed E-state index contributed by atoms with van der Waals surface area (Å²) < 4.78 is 3.10. The van der Waals surface area contributed by atoms with Crippen LogP contribution in [-0.2, 0) is 0 Å². The maximum Gasteiger partial charge on any atom is 0.0740 e. The molecule has 0 saturated heterocycles. The van der Waals surface area contributed by atoms with Gasteiger partial charge in [-0.25, -0.2) is 0 Å². The minimum Gasteiger partial charge on any atom is -0.399 e. The van der Waals surface area contributed by atoms with Crippen LogP contribution in [0.4, 0.5) is 5.69 Å². The molecule has 78 valence electrons. The highest BCUT2D eigenvalue weighted by atomic mass is 127. The van der Waals surface area contributed by atoms with Crippen LogP contribution in [0, 0.1) is 3.57 Å². The molecule has 0 radical (unpaired) electrons. The van der Waals surface area contributed by atoms with Crippen LogP contribution in [0.2, 0.25) is 0 Å². The van der Waals surface area contributed by atoms with Crippen LogP contribution in [0.1, 0.15) is 18.5 Å². The Hall–Kier alpha value is -1.04. The van der Waals surface area contributed by atoms with E-state index in [1.165, 1.54) is 5.56 Å². The van der Waals surface area contributed by atoms with Crippen molar-refractivity contribution in [1.29, 1.82) is 0 Å². The fourth-order valence-electron chi connectivity index (χ4n) is 1.45. The van der Waals surface area contributed by atoms with Gasteiger partial charge in [-0.15, -0.1) is 0 Å². The molecule has 3 nitrogen and oxygen atoms in total. The zero-order valence-corrected chi connectivity index (χ0v) is 10.5. The molecule has 2 aromatic rings. The summed E-state index contributed by atoms with van der Waals surface area (Å²) in [6.45, 7) is 2.12. The zero-order valence-electron chi connectivity index (χ0n) is 8.39. The van der Waals surface area contributed by atoms with Crippen LogP contribution in [0.3, 0.4) is 0 Å². The molecule has 2 rings (SSSR count). The second-order valence-electron chi connectivity index (χ2n) is 3.48. The van der Waals surface area contributed by atoms with Gasteiger partial charge < -0.3 is 5.73 Å². The largest absolute Gasteiger partial charge is 0.399 e. The van der Waals surface area contributed by atoms with Crippen LogP contribution in [0.25, 0.3) is 0 Å². The third-order valence-corrected chi connectivity index (χ3v) is 2.94. The predicted molar refractivity (Wildman–Crippen MR) is 69.6 cm³/mol. The summed E-state index contributed by atoms with van der Waals surface area (Å²) in [4.78, 5) is 0. The molecule has 1 atom stereocenters. The van der Waals surface area contributed by atoms with Gasteiger partial charge >= 0.3 is 0 Å². The Morgan fingerprint density at radius 3 is 2.53 bits per heavy atom. The van der Waals surface area contributed by atoms with Crippen molar-refractivity contribution in [1.82, 2.24) is 9.78 Å². The Bertz CT molecular complexity index is 447. The molecule has 1 unspecified atom stereocenters. The summed E-state index contributed by atoms with van der Waals surface area (Å²) in [5.41, 5.74) is 7.65. The van der Waals surface area contributed by atoms with E-state index in [0.29, 0.717) is 0 Å². The fraction of sp³-hybridized carbons (Fsp3) is 0.182. The monoisotopic (exact) mass is 313 g/mol. The first-order valence-corrected chi connectivity index (χ1v) is 5.80. The molecule has 0 amide bonds. The summed E-state index contributed by atoms with van der Waals surface area (Å²) in [5, 5.41) is 4.29. The normalized spacial score (nSPS) is 12.7. The first-order chi connectivity index (χ1) is 7.16. The average molecular weight is 313 g/mol. The number of nitrogens with zero attached hydrogens (tertiary/aromatic N) is 2. The summed E-state index contributed by atoms with van der Waals surface area (Å²) in [5.74, 6) is 0. The Labute approximate surface area is 102 Å². The molecule has 1 aromatic carbocycles. The molecule has 1 aromatic heterocycles. The van der Waals surface area contributed by atoms with Crippen molar-refractivity contribution in [3.63, 3.8) is 0 Å². The molecule has 0 saturated carbocycles. The standard InChI is InChI=1S/C11H12IN3/c1-8(15-7-10(12)6-14-15)9-2-4-11(13)5-3-9/h2-8H,13H2,1H3. The molecule has 0 fully saturated rings. The summed E-state index contributed by atoms with van der Waals surface area (Å²) in [6.07, 6.45) is 3.88. The number of anilines is 1. The maximum atomic E-state index is 5.65. The Kier molecular flexibility index (Phi) is 2.95. The van der Waals surface area contributed by atoms with Crippen molar-refractivity contribution in [3.05, 3.63) is 45.8 Å². The van der Waals surface area contributed by atoms with Gasteiger partial charge in [0.15, 0.2) is 0 Å². The smallest absolute Gasteiger partial charge is 0.0740 e. The van der Waals surface area contributed by atoms with Gasteiger partial charge in [0, 0.05) is 11.9 Å². The van der Waals surface area contributed by atoms with E-state index < -0.39 is 0 Å². The number of benzene rings is 1. The molecule has 0 spiro atoms. The van der Waals surface area contributed by atoms with E-state index in [0.717, 1.165) is 9.26 Å². The Morgan fingerprint density at radius 1 is 1.33 bits per heavy atom. The van der Waals surface area contributed by atoms with Gasteiger partial charge in [0.25, 0.3) is 0 Å². The molecular weight excluding hydrogens is 301 g/mol. The molecule has 0 aliphatic rings. The lowest BCUT2D eigenvalue weighted by Gasteiger charge is -2.12. The van der Waals surface area contributed by atoms with Crippen LogP contribution in [-0.4, -0.2) is 9.78 Å². The van der Waals surface area contributed by atoms with Crippen molar-refractivity contribution in [2.75, 3.05) is 5.73 Å². The van der Waals surface area contributed by atoms with Gasteiger partial charge in [0.05, 0.1) is 15.8 Å². The molecule has 4 heteroatoms. The lowest BCUT2D eigenvalue weighted by Crippen LogP contribution is -2.07. The van der Waals surface area contributed by atoms with Crippen molar-refractivity contribution in [3.8, 4) is 0 Å². The Balaban J connectivity index is 2.28. The van der Waals surface area contributed by atoms with Gasteiger partial charge in [-0.3, -0.25) is 4.68 Å². The molecular formula is C11H12IN3. The highest BCUT2D eigenvalue weighted by molar-refractivity contribution is 14.1. The number of rotatable bonds is 2. The van der Waals surface area contributed by atoms with E-state index in [9.17, 15) is 0 Å². The summed E-state index contributed by atoms with van der Waals surface area (Å²) >= 11 is 2.26. The van der Waals surface area contributed by atoms with Crippen LogP contribution in [0.5, 0.6) is 0 Å². The van der Waals surface area contributed by atoms with Gasteiger partial charge in [-0.05, 0) is 47.2 Å². The highest BCUT2D eigenvalue weighted by Gasteiger charge is 2.07. The van der Waals surface area contributed by atoms with Gasteiger partial charge in [-0.1, -0.05) is 12.1 Å². The average Bonchev–Trinajstić information content (AvgIpc) is 2.65. The number of hydrogen-bond donors (Lipinski definition) is 1. The molecule has 0 bridgehead atoms. The quantitative estimate of drug-likeness (QED) is 0.684. The minimum absolute atomic E-state index is 0.245. The second-order valence-corrected chi connectivity index (χ2v) is 4.73. The number of nitrogens with two attached hydrogens (primary N) is 1. The maximum absolute atomic E-state index is 5.65. The molecule has 0 aliphatic carbocycles. The van der Waals surface area contributed by atoms with Gasteiger partial charge in [-0.2, -0.15) is 5.10 Å². The first-order valence-electron chi connectivity index (χ1n) is 4.72. The zero-order chi connectivity index (χ0) is 10.8. The van der Waals surface area contributed by atoms with E-state index in [2.05, 4.69) is 34.6 Å². The summed E-state index contributed by atoms with van der Waals surface area (Å²) in [6, 6.07) is 8.15. The SMILES string of the molecule is CC(c1ccc(N)cc1)n1cc(I)cn1. The van der Waals surface area contributed by atoms with E-state index >= 15 is 0 Å². The van der Waals surface area contributed by atoms with Crippen molar-refractivity contribution >= 4 is 28.3 Å². The van der Waals surface area contributed by atoms with Gasteiger partial charge in [0.1, 0.15) is 0 Å². The molecule has 1 heterocycles. The molecule has 0 aliphatic heterocycles. The number of hydrogen-bond acceptors (Lipinski definition) is 2. The van der Waals surface area contributed by atoms with Gasteiger partial charge in [0.2, 0.25) is 0 Å². The highest BCUT2D eigenvalue weighted by Crippen LogP contribution is 2.19. The third-order valence-electron chi connectivity index (χ3n) is 2.39. The van der Waals surface area contributed by atoms with Crippen LogP contribution < -0.4 is 5.73 Å². The van der Waals surface area contributed by atoms with E-state index in [1.807, 2.05) is 41.3 Å². The molecule has 15 heavy (non-hydrogen) atoms. The number of nitrogen functional groups attached to an aromatic ring is 1. The fourth-order valence-corrected chi connectivity index (χ4v) is 1.86. The van der Waals surface area contributed by atoms with E-state index in [1.54, 1.807) is 0 Å². The van der Waals surface area contributed by atoms with Crippen molar-refractivity contribution < 1.29 is 0 Å².